The average Bonchev–Trinajstić information content (AvgIpc) is 2.33. The molecule has 1 N–H and O–H groups in total. The lowest BCUT2D eigenvalue weighted by molar-refractivity contribution is -0.246. The lowest BCUT2D eigenvalue weighted by Gasteiger charge is -2.27. The molecule has 10 heteroatoms. The van der Waals surface area contributed by atoms with E-state index in [9.17, 15) is 30.4 Å². The SMILES string of the molecule is C=C(OC(C(F)(F)F)C(F)(F)S(=O)(=O)O)c1ccccc1. The Balaban J connectivity index is 3.16. The van der Waals surface area contributed by atoms with E-state index in [-0.39, 0.29) is 5.56 Å². The van der Waals surface area contributed by atoms with Crippen molar-refractivity contribution in [3.05, 3.63) is 42.5 Å². The number of halogens is 5. The molecule has 0 aliphatic carbocycles. The highest BCUT2D eigenvalue weighted by molar-refractivity contribution is 7.86. The summed E-state index contributed by atoms with van der Waals surface area (Å²) in [6.07, 6.45) is -9.84. The first kappa shape index (κ1) is 17.4. The Labute approximate surface area is 116 Å². The molecule has 1 rings (SSSR count). The van der Waals surface area contributed by atoms with Crippen LogP contribution in [0.3, 0.4) is 0 Å². The lowest BCUT2D eigenvalue weighted by Crippen LogP contribution is -2.51. The van der Waals surface area contributed by atoms with Crippen molar-refractivity contribution in [2.24, 2.45) is 0 Å². The van der Waals surface area contributed by atoms with Gasteiger partial charge in [0.05, 0.1) is 0 Å². The summed E-state index contributed by atoms with van der Waals surface area (Å²) in [5.74, 6) is -0.818. The Bertz CT molecular complexity index is 609. The second-order valence-electron chi connectivity index (χ2n) is 3.87. The van der Waals surface area contributed by atoms with Crippen LogP contribution in [0.5, 0.6) is 0 Å². The first-order chi connectivity index (χ1) is 9.37. The molecule has 0 aromatic heterocycles. The molecule has 21 heavy (non-hydrogen) atoms. The summed E-state index contributed by atoms with van der Waals surface area (Å²) in [6.45, 7) is 3.04. The first-order valence-electron chi connectivity index (χ1n) is 5.20. The van der Waals surface area contributed by atoms with Gasteiger partial charge in [0.1, 0.15) is 5.76 Å². The number of alkyl halides is 5. The quantitative estimate of drug-likeness (QED) is 0.511. The molecule has 0 radical (unpaired) electrons. The van der Waals surface area contributed by atoms with Crippen LogP contribution in [0, 0.1) is 0 Å². The van der Waals surface area contributed by atoms with Gasteiger partial charge in [0.2, 0.25) is 0 Å². The van der Waals surface area contributed by atoms with Gasteiger partial charge in [-0.05, 0) is 0 Å². The molecule has 1 aromatic carbocycles. The van der Waals surface area contributed by atoms with Crippen LogP contribution in [0.4, 0.5) is 22.0 Å². The van der Waals surface area contributed by atoms with E-state index in [2.05, 4.69) is 11.3 Å². The highest BCUT2D eigenvalue weighted by Crippen LogP contribution is 2.39. The molecule has 118 valence electrons. The second-order valence-corrected chi connectivity index (χ2v) is 5.36. The van der Waals surface area contributed by atoms with Crippen LogP contribution < -0.4 is 0 Å². The Hall–Kier alpha value is -1.68. The fourth-order valence-electron chi connectivity index (χ4n) is 1.30. The largest absolute Gasteiger partial charge is 0.473 e. The van der Waals surface area contributed by atoms with Crippen molar-refractivity contribution in [2.75, 3.05) is 0 Å². The summed E-state index contributed by atoms with van der Waals surface area (Å²) in [5, 5.41) is -5.58. The lowest BCUT2D eigenvalue weighted by atomic mass is 10.2. The normalized spacial score (nSPS) is 14.6. The minimum Gasteiger partial charge on any atom is -0.473 e. The van der Waals surface area contributed by atoms with E-state index < -0.39 is 33.4 Å². The number of hydrogen-bond acceptors (Lipinski definition) is 3. The van der Waals surface area contributed by atoms with Crippen molar-refractivity contribution in [3.8, 4) is 0 Å². The van der Waals surface area contributed by atoms with Crippen molar-refractivity contribution in [1.82, 2.24) is 0 Å². The van der Waals surface area contributed by atoms with Crippen LogP contribution in [-0.4, -0.2) is 30.5 Å². The zero-order valence-electron chi connectivity index (χ0n) is 10.1. The van der Waals surface area contributed by atoms with Crippen LogP contribution in [0.15, 0.2) is 36.9 Å². The Morgan fingerprint density at radius 3 is 2.00 bits per heavy atom. The fraction of sp³-hybridized carbons (Fsp3) is 0.273. The second kappa shape index (κ2) is 5.60. The number of ether oxygens (including phenoxy) is 1. The molecule has 0 spiro atoms. The molecule has 0 amide bonds. The monoisotopic (exact) mass is 332 g/mol. The molecule has 0 aliphatic heterocycles. The number of hydrogen-bond donors (Lipinski definition) is 1. The van der Waals surface area contributed by atoms with Gasteiger partial charge in [-0.1, -0.05) is 36.9 Å². The molecule has 0 bridgehead atoms. The van der Waals surface area contributed by atoms with Crippen LogP contribution in [0.1, 0.15) is 5.56 Å². The maximum atomic E-state index is 13.2. The Morgan fingerprint density at radius 1 is 1.14 bits per heavy atom. The number of rotatable bonds is 5. The maximum Gasteiger partial charge on any atom is 0.432 e. The van der Waals surface area contributed by atoms with Crippen LogP contribution in [0.2, 0.25) is 0 Å². The molecule has 4 nitrogen and oxygen atoms in total. The summed E-state index contributed by atoms with van der Waals surface area (Å²) in [7, 11) is -6.33. The molecular weight excluding hydrogens is 323 g/mol. The summed E-state index contributed by atoms with van der Waals surface area (Å²) >= 11 is 0. The van der Waals surface area contributed by atoms with Crippen molar-refractivity contribution in [2.45, 2.75) is 17.5 Å². The van der Waals surface area contributed by atoms with Crippen LogP contribution >= 0.6 is 0 Å². The molecule has 0 fully saturated rings. The fourth-order valence-corrected chi connectivity index (χ4v) is 1.75. The van der Waals surface area contributed by atoms with Gasteiger partial charge in [-0.25, -0.2) is 0 Å². The van der Waals surface area contributed by atoms with Gasteiger partial charge < -0.3 is 4.74 Å². The molecule has 1 aromatic rings. The first-order valence-corrected chi connectivity index (χ1v) is 6.64. The maximum absolute atomic E-state index is 13.2. The molecule has 0 saturated carbocycles. The third-order valence-corrected chi connectivity index (χ3v) is 3.20. The predicted molar refractivity (Wildman–Crippen MR) is 62.9 cm³/mol. The van der Waals surface area contributed by atoms with E-state index in [1.165, 1.54) is 30.3 Å². The molecule has 0 saturated heterocycles. The summed E-state index contributed by atoms with van der Waals surface area (Å²) in [4.78, 5) is 0. The van der Waals surface area contributed by atoms with E-state index in [4.69, 9.17) is 4.55 Å². The molecule has 1 unspecified atom stereocenters. The minimum absolute atomic E-state index is 0.0575. The summed E-state index contributed by atoms with van der Waals surface area (Å²) in [5.41, 5.74) is -0.0575. The number of benzene rings is 1. The van der Waals surface area contributed by atoms with Crippen LogP contribution in [-0.2, 0) is 14.9 Å². The smallest absolute Gasteiger partial charge is 0.432 e. The Morgan fingerprint density at radius 2 is 1.62 bits per heavy atom. The zero-order chi connectivity index (χ0) is 16.5. The molecule has 1 atom stereocenters. The van der Waals surface area contributed by atoms with E-state index in [1.54, 1.807) is 0 Å². The molecule has 0 aliphatic rings. The van der Waals surface area contributed by atoms with Crippen LogP contribution in [0.25, 0.3) is 5.76 Å². The van der Waals surface area contributed by atoms with Gasteiger partial charge in [0.25, 0.3) is 6.10 Å². The van der Waals surface area contributed by atoms with Gasteiger partial charge in [-0.15, -0.1) is 0 Å². The minimum atomic E-state index is -6.33. The van der Waals surface area contributed by atoms with Crippen molar-refractivity contribution >= 4 is 15.9 Å². The van der Waals surface area contributed by atoms with Gasteiger partial charge in [-0.2, -0.15) is 30.4 Å². The zero-order valence-corrected chi connectivity index (χ0v) is 11.0. The third-order valence-electron chi connectivity index (χ3n) is 2.30. The standard InChI is InChI=1S/C11H9F5O4S/c1-7(8-5-3-2-4-6-8)20-9(10(12,13)14)11(15,16)21(17,18)19/h2-6,9H,1H2,(H,17,18,19). The topological polar surface area (TPSA) is 63.6 Å². The Kier molecular flexibility index (Phi) is 4.63. The third kappa shape index (κ3) is 3.91. The van der Waals surface area contributed by atoms with Crippen molar-refractivity contribution in [3.63, 3.8) is 0 Å². The van der Waals surface area contributed by atoms with Crippen molar-refractivity contribution < 1.29 is 39.7 Å². The van der Waals surface area contributed by atoms with Gasteiger partial charge >= 0.3 is 21.5 Å². The van der Waals surface area contributed by atoms with E-state index >= 15 is 0 Å². The van der Waals surface area contributed by atoms with E-state index in [0.29, 0.717) is 0 Å². The van der Waals surface area contributed by atoms with Gasteiger partial charge in [0, 0.05) is 5.56 Å². The van der Waals surface area contributed by atoms with E-state index in [1.807, 2.05) is 0 Å². The van der Waals surface area contributed by atoms with E-state index in [0.717, 1.165) is 0 Å². The van der Waals surface area contributed by atoms with Crippen molar-refractivity contribution in [1.29, 1.82) is 0 Å². The summed E-state index contributed by atoms with van der Waals surface area (Å²) < 4.78 is 97.5. The van der Waals surface area contributed by atoms with Gasteiger partial charge in [-0.3, -0.25) is 4.55 Å². The van der Waals surface area contributed by atoms with Gasteiger partial charge in [0.15, 0.2) is 0 Å². The highest BCUT2D eigenvalue weighted by Gasteiger charge is 2.65. The molecule has 0 heterocycles. The highest BCUT2D eigenvalue weighted by atomic mass is 32.2. The molecular formula is C11H9F5O4S. The summed E-state index contributed by atoms with van der Waals surface area (Å²) in [6, 6.07) is 6.72. The average molecular weight is 332 g/mol. The predicted octanol–water partition coefficient (Wildman–Crippen LogP) is 3.09.